The van der Waals surface area contributed by atoms with Gasteiger partial charge in [0.15, 0.2) is 5.82 Å². The summed E-state index contributed by atoms with van der Waals surface area (Å²) in [6, 6.07) is 2.99. The van der Waals surface area contributed by atoms with Crippen LogP contribution in [0.1, 0.15) is 12.6 Å². The molecule has 0 fully saturated rings. The van der Waals surface area contributed by atoms with Crippen LogP contribution in [0.25, 0.3) is 11.3 Å². The molecule has 0 radical (unpaired) electrons. The minimum absolute atomic E-state index is 0.114. The predicted molar refractivity (Wildman–Crippen MR) is 91.5 cm³/mol. The van der Waals surface area contributed by atoms with E-state index in [1.54, 1.807) is 0 Å². The van der Waals surface area contributed by atoms with Gasteiger partial charge in [0.25, 0.3) is 5.91 Å². The van der Waals surface area contributed by atoms with E-state index in [2.05, 4.69) is 19.8 Å². The molecule has 3 heterocycles. The Morgan fingerprint density at radius 1 is 1.29 bits per heavy atom. The number of hydrogen-bond acceptors (Lipinski definition) is 7. The standard InChI is InChI=1S/C16H17F3N6O3/c1-9(26)25(28-15(27)16(17,18)19)14-6-12(20)11(7-21-14)13-5-10-8-23(2)3-4-24(10)22-13/h5-7H,3-4,8H2,1-2H3,(H2,20,21). The molecular formula is C16H17F3N6O3. The molecule has 1 aliphatic heterocycles. The predicted octanol–water partition coefficient (Wildman–Crippen LogP) is 1.35. The molecule has 9 nitrogen and oxygen atoms in total. The molecular weight excluding hydrogens is 381 g/mol. The fourth-order valence-corrected chi connectivity index (χ4v) is 2.72. The van der Waals surface area contributed by atoms with Crippen molar-refractivity contribution in [1.82, 2.24) is 19.7 Å². The maximum Gasteiger partial charge on any atom is 0.493 e. The van der Waals surface area contributed by atoms with Crippen LogP contribution in [-0.2, 0) is 27.5 Å². The zero-order valence-corrected chi connectivity index (χ0v) is 15.0. The van der Waals surface area contributed by atoms with Gasteiger partial charge in [0.05, 0.1) is 17.9 Å². The van der Waals surface area contributed by atoms with Crippen LogP contribution >= 0.6 is 0 Å². The van der Waals surface area contributed by atoms with Crippen LogP contribution in [0.5, 0.6) is 0 Å². The molecule has 150 valence electrons. The van der Waals surface area contributed by atoms with Gasteiger partial charge in [0.2, 0.25) is 0 Å². The first-order chi connectivity index (χ1) is 13.1. The highest BCUT2D eigenvalue weighted by Gasteiger charge is 2.43. The monoisotopic (exact) mass is 398 g/mol. The first-order valence-electron chi connectivity index (χ1n) is 8.17. The van der Waals surface area contributed by atoms with Gasteiger partial charge in [0.1, 0.15) is 0 Å². The number of rotatable bonds is 2. The Labute approximate surface area is 157 Å². The number of hydroxylamine groups is 1. The van der Waals surface area contributed by atoms with E-state index < -0.39 is 18.1 Å². The number of amides is 1. The zero-order chi connectivity index (χ0) is 20.6. The van der Waals surface area contributed by atoms with E-state index in [-0.39, 0.29) is 16.6 Å². The number of carbonyl (C=O) groups excluding carboxylic acids is 2. The molecule has 12 heteroatoms. The van der Waals surface area contributed by atoms with Crippen LogP contribution in [0.15, 0.2) is 18.3 Å². The molecule has 0 unspecified atom stereocenters. The van der Waals surface area contributed by atoms with Crippen molar-refractivity contribution >= 4 is 23.4 Å². The number of carbonyl (C=O) groups is 2. The number of hydrogen-bond donors (Lipinski definition) is 1. The normalized spacial score (nSPS) is 14.5. The van der Waals surface area contributed by atoms with E-state index in [1.807, 2.05) is 17.8 Å². The molecule has 0 aliphatic carbocycles. The molecule has 0 spiro atoms. The van der Waals surface area contributed by atoms with Crippen molar-refractivity contribution in [3.63, 3.8) is 0 Å². The second-order valence-electron chi connectivity index (χ2n) is 6.30. The second kappa shape index (κ2) is 7.11. The van der Waals surface area contributed by atoms with Crippen LogP contribution in [0, 0.1) is 0 Å². The molecule has 2 aromatic rings. The number of nitrogens with two attached hydrogens (primary N) is 1. The Kier molecular flexibility index (Phi) is 4.98. The number of nitrogen functional groups attached to an aromatic ring is 1. The second-order valence-corrected chi connectivity index (χ2v) is 6.30. The highest BCUT2D eigenvalue weighted by Crippen LogP contribution is 2.29. The molecule has 2 aromatic heterocycles. The van der Waals surface area contributed by atoms with Crippen molar-refractivity contribution in [3.05, 3.63) is 24.0 Å². The molecule has 0 aromatic carbocycles. The van der Waals surface area contributed by atoms with Crippen molar-refractivity contribution in [3.8, 4) is 11.3 Å². The lowest BCUT2D eigenvalue weighted by Gasteiger charge is -2.22. The van der Waals surface area contributed by atoms with Crippen LogP contribution < -0.4 is 10.8 Å². The fourth-order valence-electron chi connectivity index (χ4n) is 2.72. The van der Waals surface area contributed by atoms with E-state index in [0.29, 0.717) is 24.3 Å². The van der Waals surface area contributed by atoms with Gasteiger partial charge >= 0.3 is 12.1 Å². The molecule has 0 atom stereocenters. The van der Waals surface area contributed by atoms with E-state index in [9.17, 15) is 22.8 Å². The highest BCUT2D eigenvalue weighted by atomic mass is 19.4. The molecule has 28 heavy (non-hydrogen) atoms. The quantitative estimate of drug-likeness (QED) is 0.761. The summed E-state index contributed by atoms with van der Waals surface area (Å²) in [5.74, 6) is -3.87. The maximum absolute atomic E-state index is 12.4. The number of aromatic nitrogens is 3. The summed E-state index contributed by atoms with van der Waals surface area (Å²) in [4.78, 5) is 32.8. The van der Waals surface area contributed by atoms with Gasteiger partial charge in [-0.2, -0.15) is 18.3 Å². The third kappa shape index (κ3) is 3.91. The largest absolute Gasteiger partial charge is 0.493 e. The lowest BCUT2D eigenvalue weighted by molar-refractivity contribution is -0.201. The van der Waals surface area contributed by atoms with Crippen LogP contribution in [0.4, 0.5) is 24.7 Å². The molecule has 3 rings (SSSR count). The first-order valence-corrected chi connectivity index (χ1v) is 8.17. The highest BCUT2D eigenvalue weighted by molar-refractivity contribution is 5.92. The van der Waals surface area contributed by atoms with E-state index in [1.165, 1.54) is 6.20 Å². The SMILES string of the molecule is CC(=O)N(OC(=O)C(F)(F)F)c1cc(N)c(-c2cc3n(n2)CCN(C)C3)cn1. The zero-order valence-electron chi connectivity index (χ0n) is 15.0. The summed E-state index contributed by atoms with van der Waals surface area (Å²) < 4.78 is 39.1. The minimum Gasteiger partial charge on any atom is -0.398 e. The summed E-state index contributed by atoms with van der Waals surface area (Å²) in [5.41, 5.74) is 8.08. The molecule has 0 bridgehead atoms. The summed E-state index contributed by atoms with van der Waals surface area (Å²) in [7, 11) is 1.99. The van der Waals surface area contributed by atoms with Crippen molar-refractivity contribution in [1.29, 1.82) is 0 Å². The maximum atomic E-state index is 12.4. The number of nitrogens with zero attached hydrogens (tertiary/aromatic N) is 5. The van der Waals surface area contributed by atoms with E-state index in [4.69, 9.17) is 5.73 Å². The molecule has 0 saturated heterocycles. The van der Waals surface area contributed by atoms with Crippen LogP contribution in [0.3, 0.4) is 0 Å². The molecule has 1 aliphatic rings. The summed E-state index contributed by atoms with van der Waals surface area (Å²) >= 11 is 0. The summed E-state index contributed by atoms with van der Waals surface area (Å²) in [6.07, 6.45) is -4.00. The van der Waals surface area contributed by atoms with Gasteiger partial charge < -0.3 is 10.6 Å². The van der Waals surface area contributed by atoms with Gasteiger partial charge in [-0.3, -0.25) is 14.4 Å². The molecule has 2 N–H and O–H groups in total. The number of anilines is 2. The van der Waals surface area contributed by atoms with Gasteiger partial charge in [-0.05, 0) is 13.1 Å². The van der Waals surface area contributed by atoms with Gasteiger partial charge in [-0.15, -0.1) is 5.06 Å². The smallest absolute Gasteiger partial charge is 0.398 e. The minimum atomic E-state index is -5.26. The number of pyridine rings is 1. The first kappa shape index (κ1) is 19.6. The van der Waals surface area contributed by atoms with Crippen molar-refractivity contribution in [2.45, 2.75) is 26.2 Å². The summed E-state index contributed by atoms with van der Waals surface area (Å²) in [5, 5.41) is 4.60. The number of halogens is 3. The number of fused-ring (bicyclic) bond motifs is 1. The Bertz CT molecular complexity index is 927. The Hall–Kier alpha value is -3.15. The van der Waals surface area contributed by atoms with Crippen LogP contribution in [-0.4, -0.2) is 51.3 Å². The van der Waals surface area contributed by atoms with E-state index >= 15 is 0 Å². The fraction of sp³-hybridized carbons (Fsp3) is 0.375. The third-order valence-electron chi connectivity index (χ3n) is 4.09. The Balaban J connectivity index is 1.89. The van der Waals surface area contributed by atoms with Gasteiger partial charge in [0, 0.05) is 43.5 Å². The topological polar surface area (TPSA) is 107 Å². The van der Waals surface area contributed by atoms with E-state index in [0.717, 1.165) is 25.2 Å². The van der Waals surface area contributed by atoms with Gasteiger partial charge in [-0.25, -0.2) is 9.78 Å². The molecule has 0 saturated carbocycles. The Morgan fingerprint density at radius 2 is 2.00 bits per heavy atom. The lowest BCUT2D eigenvalue weighted by Crippen LogP contribution is -2.38. The number of likely N-dealkylation sites (N-methyl/N-ethyl adjacent to an activating group) is 1. The average molecular weight is 398 g/mol. The lowest BCUT2D eigenvalue weighted by atomic mass is 10.1. The molecule has 1 amide bonds. The third-order valence-corrected chi connectivity index (χ3v) is 4.09. The van der Waals surface area contributed by atoms with Crippen molar-refractivity contribution in [2.24, 2.45) is 0 Å². The summed E-state index contributed by atoms with van der Waals surface area (Å²) in [6.45, 7) is 3.20. The van der Waals surface area contributed by atoms with Crippen LogP contribution in [0.2, 0.25) is 0 Å². The van der Waals surface area contributed by atoms with Crippen molar-refractivity contribution < 1.29 is 27.6 Å². The van der Waals surface area contributed by atoms with Gasteiger partial charge in [-0.1, -0.05) is 0 Å². The number of alkyl halides is 3. The average Bonchev–Trinajstić information content (AvgIpc) is 3.00. The van der Waals surface area contributed by atoms with Crippen molar-refractivity contribution in [2.75, 3.05) is 24.4 Å². The Morgan fingerprint density at radius 3 is 2.61 bits per heavy atom.